The number of rotatable bonds is 2. The van der Waals surface area contributed by atoms with Crippen LogP contribution in [-0.4, -0.2) is 34.0 Å². The Morgan fingerprint density at radius 2 is 2.10 bits per heavy atom. The number of aliphatic carboxylic acids is 1. The zero-order valence-corrected chi connectivity index (χ0v) is 12.1. The molecule has 20 heavy (non-hydrogen) atoms. The lowest BCUT2D eigenvalue weighted by Gasteiger charge is -2.23. The number of hydrogen-bond donors (Lipinski definition) is 1. The molecule has 2 aliphatic heterocycles. The van der Waals surface area contributed by atoms with E-state index in [1.807, 2.05) is 0 Å². The molecule has 2 bridgehead atoms. The van der Waals surface area contributed by atoms with Gasteiger partial charge in [0.25, 0.3) is 5.91 Å². The molecular formula is C14H13BrFNO3. The van der Waals surface area contributed by atoms with E-state index in [1.165, 1.54) is 12.1 Å². The van der Waals surface area contributed by atoms with Crippen molar-refractivity contribution in [1.82, 2.24) is 4.90 Å². The van der Waals surface area contributed by atoms with Crippen molar-refractivity contribution in [3.8, 4) is 0 Å². The van der Waals surface area contributed by atoms with Gasteiger partial charge in [0.15, 0.2) is 0 Å². The maximum Gasteiger partial charge on any atom is 0.308 e. The Kier molecular flexibility index (Phi) is 3.28. The molecule has 2 heterocycles. The van der Waals surface area contributed by atoms with Gasteiger partial charge in [0.2, 0.25) is 0 Å². The molecule has 1 amide bonds. The highest BCUT2D eigenvalue weighted by Crippen LogP contribution is 2.43. The number of carboxylic acids is 1. The largest absolute Gasteiger partial charge is 0.481 e. The van der Waals surface area contributed by atoms with E-state index in [-0.39, 0.29) is 28.0 Å². The Labute approximate surface area is 123 Å². The summed E-state index contributed by atoms with van der Waals surface area (Å²) < 4.78 is 13.7. The van der Waals surface area contributed by atoms with Crippen molar-refractivity contribution in [2.45, 2.75) is 31.3 Å². The smallest absolute Gasteiger partial charge is 0.308 e. The van der Waals surface area contributed by atoms with E-state index in [1.54, 1.807) is 11.0 Å². The summed E-state index contributed by atoms with van der Waals surface area (Å²) in [4.78, 5) is 25.4. The summed E-state index contributed by atoms with van der Waals surface area (Å²) in [6.07, 6.45) is 2.03. The molecule has 0 aromatic heterocycles. The van der Waals surface area contributed by atoms with Crippen LogP contribution in [0.5, 0.6) is 0 Å². The van der Waals surface area contributed by atoms with Crippen molar-refractivity contribution in [2.75, 3.05) is 0 Å². The average Bonchev–Trinajstić information content (AvgIpc) is 2.98. The van der Waals surface area contributed by atoms with E-state index in [0.717, 1.165) is 6.42 Å². The van der Waals surface area contributed by atoms with E-state index in [4.69, 9.17) is 0 Å². The fourth-order valence-electron chi connectivity index (χ4n) is 3.38. The number of carbonyl (C=O) groups is 2. The first-order valence-corrected chi connectivity index (χ1v) is 7.29. The van der Waals surface area contributed by atoms with Crippen molar-refractivity contribution < 1.29 is 19.1 Å². The number of fused-ring (bicyclic) bond motifs is 2. The van der Waals surface area contributed by atoms with Crippen molar-refractivity contribution in [3.05, 3.63) is 34.1 Å². The fraction of sp³-hybridized carbons (Fsp3) is 0.429. The van der Waals surface area contributed by atoms with E-state index in [0.29, 0.717) is 12.8 Å². The standard InChI is InChI=1S/C14H13BrFNO3/c15-12-8(2-1-3-10(12)16)13(18)17-7-4-5-11(17)9(6-7)14(19)20/h1-3,7,9,11H,4-6H2,(H,19,20). The number of halogens is 2. The van der Waals surface area contributed by atoms with Crippen molar-refractivity contribution in [3.63, 3.8) is 0 Å². The number of benzene rings is 1. The summed E-state index contributed by atoms with van der Waals surface area (Å²) in [7, 11) is 0. The lowest BCUT2D eigenvalue weighted by molar-refractivity contribution is -0.142. The first-order valence-electron chi connectivity index (χ1n) is 6.50. The molecule has 0 radical (unpaired) electrons. The van der Waals surface area contributed by atoms with Crippen LogP contribution in [0.1, 0.15) is 29.6 Å². The van der Waals surface area contributed by atoms with Gasteiger partial charge in [-0.1, -0.05) is 6.07 Å². The second kappa shape index (κ2) is 4.84. The van der Waals surface area contributed by atoms with Gasteiger partial charge in [-0.25, -0.2) is 4.39 Å². The van der Waals surface area contributed by atoms with Crippen LogP contribution >= 0.6 is 15.9 Å². The second-order valence-electron chi connectivity index (χ2n) is 5.29. The maximum atomic E-state index is 13.5. The zero-order chi connectivity index (χ0) is 14.4. The Bertz CT molecular complexity index is 592. The van der Waals surface area contributed by atoms with Crippen molar-refractivity contribution >= 4 is 27.8 Å². The second-order valence-corrected chi connectivity index (χ2v) is 6.09. The summed E-state index contributed by atoms with van der Waals surface area (Å²) in [5.74, 6) is -2.12. The predicted octanol–water partition coefficient (Wildman–Crippen LogP) is 2.67. The molecule has 0 spiro atoms. The normalized spacial score (nSPS) is 27.9. The molecule has 106 valence electrons. The lowest BCUT2D eigenvalue weighted by Crippen LogP contribution is -2.38. The third kappa shape index (κ3) is 1.93. The molecule has 2 aliphatic rings. The quantitative estimate of drug-likeness (QED) is 0.899. The van der Waals surface area contributed by atoms with Crippen LogP contribution in [-0.2, 0) is 4.79 Å². The molecular weight excluding hydrogens is 329 g/mol. The summed E-state index contributed by atoms with van der Waals surface area (Å²) in [6.45, 7) is 0. The maximum absolute atomic E-state index is 13.5. The van der Waals surface area contributed by atoms with Crippen LogP contribution in [0.25, 0.3) is 0 Å². The number of nitrogens with zero attached hydrogens (tertiary/aromatic N) is 1. The third-order valence-corrected chi connectivity index (χ3v) is 5.08. The molecule has 6 heteroatoms. The number of hydrogen-bond acceptors (Lipinski definition) is 2. The fourth-order valence-corrected chi connectivity index (χ4v) is 3.81. The first kappa shape index (κ1) is 13.5. The van der Waals surface area contributed by atoms with Gasteiger partial charge in [-0.15, -0.1) is 0 Å². The van der Waals surface area contributed by atoms with Crippen molar-refractivity contribution in [1.29, 1.82) is 0 Å². The Hall–Kier alpha value is -1.43. The van der Waals surface area contributed by atoms with Gasteiger partial charge < -0.3 is 10.0 Å². The summed E-state index contributed by atoms with van der Waals surface area (Å²) >= 11 is 3.09. The van der Waals surface area contributed by atoms with Crippen molar-refractivity contribution in [2.24, 2.45) is 5.92 Å². The SMILES string of the molecule is O=C(O)C1CC2CCC1N2C(=O)c1cccc(F)c1Br. The van der Waals surface area contributed by atoms with Gasteiger partial charge in [0, 0.05) is 12.1 Å². The predicted molar refractivity (Wildman–Crippen MR) is 72.8 cm³/mol. The number of amides is 1. The van der Waals surface area contributed by atoms with Crippen LogP contribution in [0.15, 0.2) is 22.7 Å². The Balaban J connectivity index is 1.92. The monoisotopic (exact) mass is 341 g/mol. The van der Waals surface area contributed by atoms with Crippen LogP contribution in [0.3, 0.4) is 0 Å². The molecule has 0 aliphatic carbocycles. The minimum atomic E-state index is -0.853. The van der Waals surface area contributed by atoms with E-state index >= 15 is 0 Å². The van der Waals surface area contributed by atoms with Crippen LogP contribution < -0.4 is 0 Å². The highest BCUT2D eigenvalue weighted by atomic mass is 79.9. The van der Waals surface area contributed by atoms with Gasteiger partial charge in [0.1, 0.15) is 5.82 Å². The van der Waals surface area contributed by atoms with E-state index in [9.17, 15) is 19.1 Å². The van der Waals surface area contributed by atoms with E-state index in [2.05, 4.69) is 15.9 Å². The zero-order valence-electron chi connectivity index (χ0n) is 10.6. The molecule has 1 aromatic rings. The van der Waals surface area contributed by atoms with Gasteiger partial charge >= 0.3 is 5.97 Å². The third-order valence-electron chi connectivity index (χ3n) is 4.27. The molecule has 2 fully saturated rings. The minimum absolute atomic E-state index is 0.0382. The molecule has 3 unspecified atom stereocenters. The number of carbonyl (C=O) groups excluding carboxylic acids is 1. The molecule has 1 aromatic carbocycles. The molecule has 2 saturated heterocycles. The van der Waals surface area contributed by atoms with Crippen LogP contribution in [0, 0.1) is 11.7 Å². The molecule has 4 nitrogen and oxygen atoms in total. The summed E-state index contributed by atoms with van der Waals surface area (Å²) in [5, 5.41) is 9.20. The molecule has 0 saturated carbocycles. The molecule has 1 N–H and O–H groups in total. The lowest BCUT2D eigenvalue weighted by atomic mass is 9.89. The minimum Gasteiger partial charge on any atom is -0.481 e. The van der Waals surface area contributed by atoms with Crippen LogP contribution in [0.2, 0.25) is 0 Å². The average molecular weight is 342 g/mol. The van der Waals surface area contributed by atoms with E-state index < -0.39 is 17.7 Å². The van der Waals surface area contributed by atoms with Gasteiger partial charge in [0.05, 0.1) is 16.0 Å². The highest BCUT2D eigenvalue weighted by molar-refractivity contribution is 9.10. The highest BCUT2D eigenvalue weighted by Gasteiger charge is 2.51. The Morgan fingerprint density at radius 1 is 1.35 bits per heavy atom. The van der Waals surface area contributed by atoms with Gasteiger partial charge in [-0.3, -0.25) is 9.59 Å². The van der Waals surface area contributed by atoms with Gasteiger partial charge in [-0.05, 0) is 47.3 Å². The first-order chi connectivity index (χ1) is 9.50. The van der Waals surface area contributed by atoms with Crippen LogP contribution in [0.4, 0.5) is 4.39 Å². The summed E-state index contributed by atoms with van der Waals surface area (Å²) in [6, 6.07) is 4.02. The summed E-state index contributed by atoms with van der Waals surface area (Å²) in [5.41, 5.74) is 0.257. The topological polar surface area (TPSA) is 57.6 Å². The molecule has 3 atom stereocenters. The van der Waals surface area contributed by atoms with Gasteiger partial charge in [-0.2, -0.15) is 0 Å². The molecule has 3 rings (SSSR count). The number of carboxylic acid groups (broad SMARTS) is 1. The Morgan fingerprint density at radius 3 is 2.75 bits per heavy atom.